The Balaban J connectivity index is 3.14. The minimum Gasteiger partial charge on any atom is -0.266 e. The van der Waals surface area contributed by atoms with Crippen LogP contribution in [0.4, 0.5) is 5.69 Å². The number of nitriles is 1. The van der Waals surface area contributed by atoms with Gasteiger partial charge in [-0.3, -0.25) is 4.31 Å². The first kappa shape index (κ1) is 13.3. The highest BCUT2D eigenvalue weighted by Gasteiger charge is 2.16. The molecule has 0 aliphatic heterocycles. The zero-order chi connectivity index (χ0) is 13.1. The Morgan fingerprint density at radius 2 is 1.94 bits per heavy atom. The van der Waals surface area contributed by atoms with Gasteiger partial charge in [0, 0.05) is 0 Å². The van der Waals surface area contributed by atoms with Crippen LogP contribution >= 0.6 is 0 Å². The van der Waals surface area contributed by atoms with Gasteiger partial charge in [-0.1, -0.05) is 12.2 Å². The van der Waals surface area contributed by atoms with Crippen molar-refractivity contribution in [2.75, 3.05) is 17.1 Å². The second-order valence-corrected chi connectivity index (χ2v) is 5.79. The van der Waals surface area contributed by atoms with Gasteiger partial charge in [0.2, 0.25) is 10.0 Å². The molecule has 0 aromatic heterocycles. The Hall–Kier alpha value is -1.80. The van der Waals surface area contributed by atoms with Gasteiger partial charge >= 0.3 is 0 Å². The number of nitrogens with zero attached hydrogens (tertiary/aromatic N) is 2. The molecule has 0 unspecified atom stereocenters. The van der Waals surface area contributed by atoms with Crippen LogP contribution in [0.25, 0.3) is 0 Å². The van der Waals surface area contributed by atoms with E-state index in [1.807, 2.05) is 6.07 Å². The minimum atomic E-state index is -3.34. The smallest absolute Gasteiger partial charge is 0.232 e. The van der Waals surface area contributed by atoms with Crippen LogP contribution in [0.1, 0.15) is 12.5 Å². The monoisotopic (exact) mass is 250 g/mol. The number of sulfonamides is 1. The van der Waals surface area contributed by atoms with Crippen molar-refractivity contribution >= 4 is 15.7 Å². The second-order valence-electron chi connectivity index (χ2n) is 3.89. The number of hydrogen-bond acceptors (Lipinski definition) is 3. The molecule has 0 aliphatic rings. The predicted octanol–water partition coefficient (Wildman–Crippen LogP) is 1.90. The lowest BCUT2D eigenvalue weighted by molar-refractivity contribution is 0.598. The summed E-state index contributed by atoms with van der Waals surface area (Å²) in [5.74, 6) is 0. The Kier molecular flexibility index (Phi) is 3.92. The molecule has 1 rings (SSSR count). The molecule has 1 aromatic rings. The van der Waals surface area contributed by atoms with E-state index in [1.54, 1.807) is 31.2 Å². The van der Waals surface area contributed by atoms with E-state index >= 15 is 0 Å². The third kappa shape index (κ3) is 3.61. The van der Waals surface area contributed by atoms with E-state index in [0.29, 0.717) is 11.3 Å². The first-order valence-electron chi connectivity index (χ1n) is 4.97. The van der Waals surface area contributed by atoms with Crippen LogP contribution in [0.5, 0.6) is 0 Å². The molecule has 0 spiro atoms. The van der Waals surface area contributed by atoms with Crippen molar-refractivity contribution in [2.24, 2.45) is 0 Å². The lowest BCUT2D eigenvalue weighted by atomic mass is 10.2. The zero-order valence-corrected chi connectivity index (χ0v) is 10.7. The van der Waals surface area contributed by atoms with Crippen LogP contribution < -0.4 is 4.31 Å². The molecule has 90 valence electrons. The lowest BCUT2D eigenvalue weighted by Crippen LogP contribution is -2.31. The number of hydrogen-bond donors (Lipinski definition) is 0. The normalized spacial score (nSPS) is 10.6. The van der Waals surface area contributed by atoms with Gasteiger partial charge in [0.1, 0.15) is 0 Å². The molecule has 4 nitrogen and oxygen atoms in total. The van der Waals surface area contributed by atoms with Crippen molar-refractivity contribution in [1.29, 1.82) is 5.26 Å². The summed E-state index contributed by atoms with van der Waals surface area (Å²) in [6, 6.07) is 8.39. The maximum absolute atomic E-state index is 11.6. The largest absolute Gasteiger partial charge is 0.266 e. The Bertz CT molecular complexity index is 553. The summed E-state index contributed by atoms with van der Waals surface area (Å²) < 4.78 is 24.5. The summed E-state index contributed by atoms with van der Waals surface area (Å²) in [4.78, 5) is 0. The third-order valence-corrected chi connectivity index (χ3v) is 3.24. The van der Waals surface area contributed by atoms with Crippen LogP contribution in [0, 0.1) is 11.3 Å². The van der Waals surface area contributed by atoms with Crippen molar-refractivity contribution in [3.8, 4) is 6.07 Å². The quantitative estimate of drug-likeness (QED) is 0.767. The van der Waals surface area contributed by atoms with Crippen LogP contribution in [-0.4, -0.2) is 21.2 Å². The van der Waals surface area contributed by atoms with Gasteiger partial charge in [-0.15, -0.1) is 0 Å². The van der Waals surface area contributed by atoms with Crippen molar-refractivity contribution in [3.05, 3.63) is 42.0 Å². The van der Waals surface area contributed by atoms with E-state index in [1.165, 1.54) is 4.31 Å². The topological polar surface area (TPSA) is 61.2 Å². The van der Waals surface area contributed by atoms with E-state index in [9.17, 15) is 8.42 Å². The summed E-state index contributed by atoms with van der Waals surface area (Å²) in [6.07, 6.45) is 1.15. The highest BCUT2D eigenvalue weighted by Crippen LogP contribution is 2.19. The molecule has 0 saturated heterocycles. The van der Waals surface area contributed by atoms with E-state index in [2.05, 4.69) is 6.58 Å². The Morgan fingerprint density at radius 1 is 1.41 bits per heavy atom. The van der Waals surface area contributed by atoms with Gasteiger partial charge in [-0.05, 0) is 31.2 Å². The van der Waals surface area contributed by atoms with Crippen molar-refractivity contribution in [3.63, 3.8) is 0 Å². The Labute approximate surface area is 102 Å². The number of rotatable bonds is 4. The average Bonchev–Trinajstić information content (AvgIpc) is 2.24. The molecular formula is C12H14N2O2S. The third-order valence-electron chi connectivity index (χ3n) is 2.10. The maximum Gasteiger partial charge on any atom is 0.232 e. The zero-order valence-electron chi connectivity index (χ0n) is 9.84. The van der Waals surface area contributed by atoms with Gasteiger partial charge in [-0.2, -0.15) is 5.26 Å². The van der Waals surface area contributed by atoms with Crippen LogP contribution in [-0.2, 0) is 10.0 Å². The second kappa shape index (κ2) is 5.02. The van der Waals surface area contributed by atoms with E-state index in [4.69, 9.17) is 5.26 Å². The lowest BCUT2D eigenvalue weighted by Gasteiger charge is -2.22. The molecule has 0 heterocycles. The van der Waals surface area contributed by atoms with Gasteiger partial charge in [-0.25, -0.2) is 8.42 Å². The van der Waals surface area contributed by atoms with Crippen LogP contribution in [0.15, 0.2) is 36.4 Å². The van der Waals surface area contributed by atoms with Crippen LogP contribution in [0.3, 0.4) is 0 Å². The van der Waals surface area contributed by atoms with E-state index < -0.39 is 10.0 Å². The highest BCUT2D eigenvalue weighted by atomic mass is 32.2. The fraction of sp³-hybridized carbons (Fsp3) is 0.250. The predicted molar refractivity (Wildman–Crippen MR) is 68.2 cm³/mol. The molecule has 0 atom stereocenters. The number of anilines is 1. The fourth-order valence-corrected chi connectivity index (χ4v) is 2.31. The van der Waals surface area contributed by atoms with Crippen molar-refractivity contribution < 1.29 is 8.42 Å². The molecule has 0 bridgehead atoms. The van der Waals surface area contributed by atoms with Crippen molar-refractivity contribution in [1.82, 2.24) is 0 Å². The van der Waals surface area contributed by atoms with Crippen molar-refractivity contribution in [2.45, 2.75) is 6.92 Å². The molecule has 17 heavy (non-hydrogen) atoms. The highest BCUT2D eigenvalue weighted by molar-refractivity contribution is 7.92. The SMILES string of the molecule is C=C(C)CN(c1ccc(C#N)cc1)S(C)(=O)=O. The standard InChI is InChI=1S/C12H14N2O2S/c1-10(2)9-14(17(3,15)16)12-6-4-11(8-13)5-7-12/h4-7H,1,9H2,2-3H3. The molecule has 0 aliphatic carbocycles. The average molecular weight is 250 g/mol. The number of benzene rings is 1. The summed E-state index contributed by atoms with van der Waals surface area (Å²) >= 11 is 0. The first-order chi connectivity index (χ1) is 7.84. The molecule has 5 heteroatoms. The molecule has 0 saturated carbocycles. The van der Waals surface area contributed by atoms with Gasteiger partial charge in [0.05, 0.1) is 30.1 Å². The van der Waals surface area contributed by atoms with Gasteiger partial charge in [0.15, 0.2) is 0 Å². The Morgan fingerprint density at radius 3 is 2.29 bits per heavy atom. The van der Waals surface area contributed by atoms with Gasteiger partial charge in [0.25, 0.3) is 0 Å². The summed E-state index contributed by atoms with van der Waals surface area (Å²) in [6.45, 7) is 5.72. The van der Waals surface area contributed by atoms with E-state index in [-0.39, 0.29) is 6.54 Å². The molecule has 0 fully saturated rings. The summed E-state index contributed by atoms with van der Waals surface area (Å²) in [5, 5.41) is 8.68. The van der Waals surface area contributed by atoms with Gasteiger partial charge < -0.3 is 0 Å². The summed E-state index contributed by atoms with van der Waals surface area (Å²) in [7, 11) is -3.34. The first-order valence-corrected chi connectivity index (χ1v) is 6.81. The summed E-state index contributed by atoms with van der Waals surface area (Å²) in [5.41, 5.74) is 1.78. The fourth-order valence-electron chi connectivity index (χ4n) is 1.35. The minimum absolute atomic E-state index is 0.241. The molecule has 0 N–H and O–H groups in total. The van der Waals surface area contributed by atoms with E-state index in [0.717, 1.165) is 11.8 Å². The van der Waals surface area contributed by atoms with Crippen LogP contribution in [0.2, 0.25) is 0 Å². The molecule has 0 amide bonds. The molecular weight excluding hydrogens is 236 g/mol. The molecule has 0 radical (unpaired) electrons. The molecule has 1 aromatic carbocycles. The maximum atomic E-state index is 11.6.